The quantitative estimate of drug-likeness (QED) is 0.631. The Hall–Kier alpha value is -1.88. The van der Waals surface area contributed by atoms with Crippen LogP contribution in [0, 0.1) is 0 Å². The van der Waals surface area contributed by atoms with Gasteiger partial charge in [0.05, 0.1) is 5.69 Å². The van der Waals surface area contributed by atoms with Crippen molar-refractivity contribution >= 4 is 23.0 Å². The normalized spacial score (nSPS) is 12.8. The van der Waals surface area contributed by atoms with Gasteiger partial charge in [-0.05, 0) is 26.0 Å². The van der Waals surface area contributed by atoms with E-state index in [0.717, 1.165) is 29.5 Å². The van der Waals surface area contributed by atoms with Crippen LogP contribution in [0.25, 0.3) is 0 Å². The van der Waals surface area contributed by atoms with E-state index in [0.29, 0.717) is 0 Å². The summed E-state index contributed by atoms with van der Waals surface area (Å²) in [7, 11) is 2.00. The molecule has 0 amide bonds. The van der Waals surface area contributed by atoms with Crippen LogP contribution < -0.4 is 4.80 Å². The summed E-state index contributed by atoms with van der Waals surface area (Å²) >= 11 is 1.62. The van der Waals surface area contributed by atoms with Gasteiger partial charge in [-0.1, -0.05) is 18.2 Å². The van der Waals surface area contributed by atoms with Crippen LogP contribution in [0.4, 0.5) is 5.69 Å². The average molecular weight is 288 g/mol. The van der Waals surface area contributed by atoms with Crippen LogP contribution in [0.15, 0.2) is 51.9 Å². The van der Waals surface area contributed by atoms with E-state index in [1.54, 1.807) is 11.3 Å². The van der Waals surface area contributed by atoms with Crippen molar-refractivity contribution in [3.05, 3.63) is 46.7 Å². The van der Waals surface area contributed by atoms with Crippen molar-refractivity contribution in [1.29, 1.82) is 0 Å². The minimum Gasteiger partial charge on any atom is -0.341 e. The molecule has 0 N–H and O–H groups in total. The Morgan fingerprint density at radius 3 is 2.45 bits per heavy atom. The SMILES string of the molecule is CCN(CC)C(=Nc1ccccc1)N=c1sccn1C. The predicted octanol–water partition coefficient (Wildman–Crippen LogP) is 3.02. The van der Waals surface area contributed by atoms with Crippen molar-refractivity contribution in [3.8, 4) is 0 Å². The number of para-hydroxylation sites is 1. The highest BCUT2D eigenvalue weighted by Crippen LogP contribution is 2.11. The maximum Gasteiger partial charge on any atom is 0.228 e. The number of aromatic nitrogens is 1. The molecule has 0 aliphatic heterocycles. The molecule has 0 saturated carbocycles. The maximum atomic E-state index is 4.71. The second-order valence-electron chi connectivity index (χ2n) is 4.33. The summed E-state index contributed by atoms with van der Waals surface area (Å²) < 4.78 is 2.01. The molecule has 20 heavy (non-hydrogen) atoms. The van der Waals surface area contributed by atoms with E-state index in [-0.39, 0.29) is 0 Å². The van der Waals surface area contributed by atoms with Crippen LogP contribution in [0.1, 0.15) is 13.8 Å². The molecule has 2 aromatic rings. The van der Waals surface area contributed by atoms with E-state index >= 15 is 0 Å². The zero-order valence-electron chi connectivity index (χ0n) is 12.2. The van der Waals surface area contributed by atoms with Crippen molar-refractivity contribution in [2.24, 2.45) is 17.0 Å². The molecular formula is C15H20N4S. The van der Waals surface area contributed by atoms with Gasteiger partial charge in [0.2, 0.25) is 5.96 Å². The molecule has 0 saturated heterocycles. The van der Waals surface area contributed by atoms with Gasteiger partial charge >= 0.3 is 0 Å². The van der Waals surface area contributed by atoms with Gasteiger partial charge in [-0.2, -0.15) is 4.99 Å². The number of aliphatic imine (C=N–C) groups is 1. The van der Waals surface area contributed by atoms with E-state index in [2.05, 4.69) is 23.7 Å². The summed E-state index contributed by atoms with van der Waals surface area (Å²) in [4.78, 5) is 12.5. The van der Waals surface area contributed by atoms with Crippen molar-refractivity contribution in [3.63, 3.8) is 0 Å². The number of nitrogens with zero attached hydrogens (tertiary/aromatic N) is 4. The third-order valence-electron chi connectivity index (χ3n) is 2.99. The lowest BCUT2D eigenvalue weighted by Gasteiger charge is -2.19. The Balaban J connectivity index is 2.46. The van der Waals surface area contributed by atoms with E-state index in [1.807, 2.05) is 53.5 Å². The Morgan fingerprint density at radius 1 is 1.20 bits per heavy atom. The summed E-state index contributed by atoms with van der Waals surface area (Å²) in [5.74, 6) is 0.763. The molecule has 0 spiro atoms. The van der Waals surface area contributed by atoms with E-state index in [9.17, 15) is 0 Å². The van der Waals surface area contributed by atoms with Gasteiger partial charge in [0, 0.05) is 31.7 Å². The van der Waals surface area contributed by atoms with Gasteiger partial charge in [0.15, 0.2) is 4.80 Å². The minimum absolute atomic E-state index is 0.763. The molecule has 1 aromatic heterocycles. The second-order valence-corrected chi connectivity index (χ2v) is 5.20. The number of hydrogen-bond acceptors (Lipinski definition) is 2. The highest BCUT2D eigenvalue weighted by Gasteiger charge is 2.07. The molecule has 106 valence electrons. The molecule has 0 bridgehead atoms. The highest BCUT2D eigenvalue weighted by molar-refractivity contribution is 7.07. The van der Waals surface area contributed by atoms with Gasteiger partial charge in [-0.15, -0.1) is 11.3 Å². The smallest absolute Gasteiger partial charge is 0.228 e. The number of rotatable bonds is 3. The molecule has 0 aliphatic rings. The molecule has 1 aromatic carbocycles. The van der Waals surface area contributed by atoms with Gasteiger partial charge in [-0.25, -0.2) is 4.99 Å². The van der Waals surface area contributed by atoms with Crippen molar-refractivity contribution in [2.45, 2.75) is 13.8 Å². The first-order chi connectivity index (χ1) is 9.74. The third-order valence-corrected chi connectivity index (χ3v) is 3.83. The number of hydrogen-bond donors (Lipinski definition) is 0. The Bertz CT molecular complexity index is 621. The molecule has 0 atom stereocenters. The van der Waals surface area contributed by atoms with Crippen LogP contribution in [-0.4, -0.2) is 28.5 Å². The van der Waals surface area contributed by atoms with Gasteiger partial charge in [-0.3, -0.25) is 0 Å². The summed E-state index contributed by atoms with van der Waals surface area (Å²) in [6.07, 6.45) is 2.01. The number of thiazole rings is 1. The lowest BCUT2D eigenvalue weighted by molar-refractivity contribution is 0.459. The zero-order chi connectivity index (χ0) is 14.4. The average Bonchev–Trinajstić information content (AvgIpc) is 2.87. The Labute approximate surface area is 123 Å². The summed E-state index contributed by atoms with van der Waals surface area (Å²) in [6.45, 7) is 6.02. The first-order valence-corrected chi connectivity index (χ1v) is 7.66. The van der Waals surface area contributed by atoms with Crippen LogP contribution >= 0.6 is 11.3 Å². The van der Waals surface area contributed by atoms with Crippen LogP contribution in [-0.2, 0) is 7.05 Å². The molecule has 5 heteroatoms. The van der Waals surface area contributed by atoms with E-state index in [1.165, 1.54) is 0 Å². The van der Waals surface area contributed by atoms with E-state index < -0.39 is 0 Å². The molecule has 4 nitrogen and oxygen atoms in total. The lowest BCUT2D eigenvalue weighted by atomic mass is 10.3. The van der Waals surface area contributed by atoms with Crippen LogP contribution in [0.5, 0.6) is 0 Å². The molecule has 1 heterocycles. The summed E-state index contributed by atoms with van der Waals surface area (Å²) in [6, 6.07) is 9.96. The van der Waals surface area contributed by atoms with E-state index in [4.69, 9.17) is 4.99 Å². The predicted molar refractivity (Wildman–Crippen MR) is 85.3 cm³/mol. The summed E-state index contributed by atoms with van der Waals surface area (Å²) in [5.41, 5.74) is 0.928. The molecule has 0 unspecified atom stereocenters. The topological polar surface area (TPSA) is 32.9 Å². The standard InChI is InChI=1S/C15H20N4S/c1-4-19(5-2)14(16-13-9-7-6-8-10-13)17-15-18(3)11-12-20-15/h6-12H,4-5H2,1-3H3. The fourth-order valence-corrected chi connectivity index (χ4v) is 2.54. The zero-order valence-corrected chi connectivity index (χ0v) is 13.0. The second kappa shape index (κ2) is 7.05. The molecular weight excluding hydrogens is 268 g/mol. The fourth-order valence-electron chi connectivity index (χ4n) is 1.81. The minimum atomic E-state index is 0.763. The fraction of sp³-hybridized carbons (Fsp3) is 0.333. The van der Waals surface area contributed by atoms with Crippen LogP contribution in [0.2, 0.25) is 0 Å². The first-order valence-electron chi connectivity index (χ1n) is 6.78. The first kappa shape index (κ1) is 14.5. The third kappa shape index (κ3) is 3.57. The van der Waals surface area contributed by atoms with Gasteiger partial charge in [0.1, 0.15) is 0 Å². The van der Waals surface area contributed by atoms with Crippen LogP contribution in [0.3, 0.4) is 0 Å². The largest absolute Gasteiger partial charge is 0.341 e. The molecule has 0 fully saturated rings. The van der Waals surface area contributed by atoms with Gasteiger partial charge in [0.25, 0.3) is 0 Å². The van der Waals surface area contributed by atoms with Gasteiger partial charge < -0.3 is 9.47 Å². The number of aryl methyl sites for hydroxylation is 1. The van der Waals surface area contributed by atoms with Crippen molar-refractivity contribution in [2.75, 3.05) is 13.1 Å². The maximum absolute atomic E-state index is 4.71. The highest BCUT2D eigenvalue weighted by atomic mass is 32.1. The monoisotopic (exact) mass is 288 g/mol. The lowest BCUT2D eigenvalue weighted by Crippen LogP contribution is -2.31. The molecule has 2 rings (SSSR count). The molecule has 0 radical (unpaired) electrons. The van der Waals surface area contributed by atoms with Crippen molar-refractivity contribution < 1.29 is 0 Å². The number of benzene rings is 1. The Morgan fingerprint density at radius 2 is 1.90 bits per heavy atom. The Kier molecular flexibility index (Phi) is 5.12. The summed E-state index contributed by atoms with van der Waals surface area (Å²) in [5, 5.41) is 2.03. The molecule has 0 aliphatic carbocycles. The van der Waals surface area contributed by atoms with Crippen molar-refractivity contribution in [1.82, 2.24) is 9.47 Å². The number of guanidine groups is 1.